The summed E-state index contributed by atoms with van der Waals surface area (Å²) < 4.78 is 1.73. The molecule has 3 N–H and O–H groups in total. The van der Waals surface area contributed by atoms with E-state index in [1.807, 2.05) is 19.3 Å². The van der Waals surface area contributed by atoms with E-state index in [1.165, 1.54) is 11.8 Å². The molecule has 0 amide bonds. The minimum atomic E-state index is 0.0513. The van der Waals surface area contributed by atoms with Gasteiger partial charge >= 0.3 is 0 Å². The lowest BCUT2D eigenvalue weighted by Crippen LogP contribution is -2.13. The highest BCUT2D eigenvalue weighted by Gasteiger charge is 2.03. The van der Waals surface area contributed by atoms with Crippen molar-refractivity contribution in [1.29, 1.82) is 0 Å². The van der Waals surface area contributed by atoms with Crippen LogP contribution in [0.15, 0.2) is 45.8 Å². The maximum atomic E-state index is 8.51. The van der Waals surface area contributed by atoms with Gasteiger partial charge in [-0.1, -0.05) is 16.9 Å². The second kappa shape index (κ2) is 4.88. The number of nitrogens with two attached hydrogens (primary N) is 1. The normalized spacial score (nSPS) is 11.7. The van der Waals surface area contributed by atoms with Gasteiger partial charge in [0, 0.05) is 25.0 Å². The van der Waals surface area contributed by atoms with Crippen LogP contribution >= 0.6 is 11.8 Å². The van der Waals surface area contributed by atoms with Gasteiger partial charge in [-0.3, -0.25) is 4.68 Å². The van der Waals surface area contributed by atoms with Crippen LogP contribution in [0.2, 0.25) is 0 Å². The minimum Gasteiger partial charge on any atom is -0.409 e. The number of pyridine rings is 1. The Morgan fingerprint density at radius 1 is 1.47 bits per heavy atom. The lowest BCUT2D eigenvalue weighted by atomic mass is 10.3. The molecule has 7 heteroatoms. The fraction of sp³-hybridized carbons (Fsp3) is 0.100. The third-order valence-electron chi connectivity index (χ3n) is 2.04. The molecule has 0 atom stereocenters. The minimum absolute atomic E-state index is 0.0513. The first-order valence-electron chi connectivity index (χ1n) is 4.79. The quantitative estimate of drug-likeness (QED) is 0.367. The number of aromatic nitrogens is 3. The number of nitrogens with zero attached hydrogens (tertiary/aromatic N) is 4. The van der Waals surface area contributed by atoms with Crippen LogP contribution in [0.5, 0.6) is 0 Å². The van der Waals surface area contributed by atoms with Crippen LogP contribution in [0, 0.1) is 0 Å². The molecule has 2 aromatic rings. The maximum absolute atomic E-state index is 8.51. The topological polar surface area (TPSA) is 89.3 Å². The molecule has 17 heavy (non-hydrogen) atoms. The third kappa shape index (κ3) is 2.76. The van der Waals surface area contributed by atoms with Crippen molar-refractivity contribution in [3.63, 3.8) is 0 Å². The number of hydrogen-bond donors (Lipinski definition) is 2. The van der Waals surface area contributed by atoms with E-state index in [1.54, 1.807) is 23.1 Å². The summed E-state index contributed by atoms with van der Waals surface area (Å²) in [6, 6.07) is 3.56. The number of aryl methyl sites for hydroxylation is 1. The summed E-state index contributed by atoms with van der Waals surface area (Å²) >= 11 is 1.50. The summed E-state index contributed by atoms with van der Waals surface area (Å²) in [5.74, 6) is 0.0513. The van der Waals surface area contributed by atoms with Gasteiger partial charge in [-0.25, -0.2) is 4.98 Å². The highest BCUT2D eigenvalue weighted by atomic mass is 32.2. The van der Waals surface area contributed by atoms with Crippen molar-refractivity contribution < 1.29 is 5.21 Å². The second-order valence-electron chi connectivity index (χ2n) is 3.32. The van der Waals surface area contributed by atoms with E-state index in [0.29, 0.717) is 5.56 Å². The number of amidine groups is 1. The smallest absolute Gasteiger partial charge is 0.171 e. The molecule has 0 aromatic carbocycles. The first kappa shape index (κ1) is 11.5. The first-order valence-corrected chi connectivity index (χ1v) is 5.61. The number of oxime groups is 1. The van der Waals surface area contributed by atoms with Gasteiger partial charge in [-0.2, -0.15) is 5.10 Å². The third-order valence-corrected chi connectivity index (χ3v) is 2.94. The number of hydrogen-bond acceptors (Lipinski definition) is 5. The van der Waals surface area contributed by atoms with Crippen LogP contribution in [0.3, 0.4) is 0 Å². The molecule has 0 saturated carbocycles. The predicted octanol–water partition coefficient (Wildman–Crippen LogP) is 1.06. The molecule has 0 spiro atoms. The summed E-state index contributed by atoms with van der Waals surface area (Å²) in [6.07, 6.45) is 5.24. The van der Waals surface area contributed by atoms with E-state index in [9.17, 15) is 0 Å². The van der Waals surface area contributed by atoms with Crippen LogP contribution in [-0.4, -0.2) is 25.8 Å². The molecule has 0 aliphatic carbocycles. The van der Waals surface area contributed by atoms with Gasteiger partial charge in [0.15, 0.2) is 5.84 Å². The van der Waals surface area contributed by atoms with Crippen molar-refractivity contribution in [2.45, 2.75) is 9.92 Å². The van der Waals surface area contributed by atoms with E-state index in [-0.39, 0.29) is 5.84 Å². The standard InChI is InChI=1S/C10H11N5OS/c1-15-6-8(5-13-15)17-9-3-2-7(4-12-9)10(11)14-16/h2-6,16H,1H3,(H2,11,14). The van der Waals surface area contributed by atoms with E-state index >= 15 is 0 Å². The van der Waals surface area contributed by atoms with Crippen molar-refractivity contribution in [3.05, 3.63) is 36.3 Å². The Morgan fingerprint density at radius 2 is 2.29 bits per heavy atom. The molecule has 0 saturated heterocycles. The van der Waals surface area contributed by atoms with E-state index in [0.717, 1.165) is 9.92 Å². The molecule has 0 fully saturated rings. The Kier molecular flexibility index (Phi) is 3.29. The first-order chi connectivity index (χ1) is 8.19. The van der Waals surface area contributed by atoms with Gasteiger partial charge in [0.2, 0.25) is 0 Å². The fourth-order valence-corrected chi connectivity index (χ4v) is 2.01. The molecule has 0 bridgehead atoms. The molecule has 88 valence electrons. The zero-order chi connectivity index (χ0) is 12.3. The SMILES string of the molecule is Cn1cc(Sc2ccc(/C(N)=N/O)cn2)cn1. The lowest BCUT2D eigenvalue weighted by Gasteiger charge is -2.00. The van der Waals surface area contributed by atoms with Crippen LogP contribution < -0.4 is 5.73 Å². The van der Waals surface area contributed by atoms with Crippen molar-refractivity contribution >= 4 is 17.6 Å². The monoisotopic (exact) mass is 249 g/mol. The summed E-state index contributed by atoms with van der Waals surface area (Å²) in [4.78, 5) is 5.22. The van der Waals surface area contributed by atoms with Gasteiger partial charge in [-0.15, -0.1) is 0 Å². The zero-order valence-electron chi connectivity index (χ0n) is 9.11. The molecule has 6 nitrogen and oxygen atoms in total. The summed E-state index contributed by atoms with van der Waals surface area (Å²) in [5.41, 5.74) is 6.03. The molecule has 2 rings (SSSR count). The Morgan fingerprint density at radius 3 is 2.82 bits per heavy atom. The highest BCUT2D eigenvalue weighted by Crippen LogP contribution is 2.24. The van der Waals surface area contributed by atoms with E-state index in [2.05, 4.69) is 15.2 Å². The molecule has 0 aliphatic rings. The molecule has 2 aromatic heterocycles. The Bertz CT molecular complexity index is 534. The molecule has 0 unspecified atom stereocenters. The van der Waals surface area contributed by atoms with Crippen LogP contribution in [0.1, 0.15) is 5.56 Å². The van der Waals surface area contributed by atoms with Crippen molar-refractivity contribution in [2.24, 2.45) is 17.9 Å². The van der Waals surface area contributed by atoms with Gasteiger partial charge < -0.3 is 10.9 Å². The molecule has 2 heterocycles. The Labute approximate surface area is 102 Å². The molecule has 0 aliphatic heterocycles. The fourth-order valence-electron chi connectivity index (χ4n) is 1.22. The Balaban J connectivity index is 2.13. The van der Waals surface area contributed by atoms with Gasteiger partial charge in [0.25, 0.3) is 0 Å². The van der Waals surface area contributed by atoms with E-state index < -0.39 is 0 Å². The van der Waals surface area contributed by atoms with Crippen LogP contribution in [0.4, 0.5) is 0 Å². The number of rotatable bonds is 3. The van der Waals surface area contributed by atoms with E-state index in [4.69, 9.17) is 10.9 Å². The van der Waals surface area contributed by atoms with Crippen molar-refractivity contribution in [1.82, 2.24) is 14.8 Å². The summed E-state index contributed by atoms with van der Waals surface area (Å²) in [5, 5.41) is 16.3. The lowest BCUT2D eigenvalue weighted by molar-refractivity contribution is 0.318. The average molecular weight is 249 g/mol. The van der Waals surface area contributed by atoms with Crippen LogP contribution in [0.25, 0.3) is 0 Å². The summed E-state index contributed by atoms with van der Waals surface area (Å²) in [7, 11) is 1.86. The van der Waals surface area contributed by atoms with Crippen molar-refractivity contribution in [3.8, 4) is 0 Å². The van der Waals surface area contributed by atoms with Crippen LogP contribution in [-0.2, 0) is 7.05 Å². The molecule has 0 radical (unpaired) electrons. The molecular weight excluding hydrogens is 238 g/mol. The average Bonchev–Trinajstić information content (AvgIpc) is 2.75. The Hall–Kier alpha value is -2.02. The van der Waals surface area contributed by atoms with Gasteiger partial charge in [0.1, 0.15) is 5.03 Å². The summed E-state index contributed by atoms with van der Waals surface area (Å²) in [6.45, 7) is 0. The maximum Gasteiger partial charge on any atom is 0.171 e. The molecular formula is C10H11N5OS. The van der Waals surface area contributed by atoms with Crippen molar-refractivity contribution in [2.75, 3.05) is 0 Å². The second-order valence-corrected chi connectivity index (χ2v) is 4.42. The van der Waals surface area contributed by atoms with Gasteiger partial charge in [0.05, 0.1) is 11.1 Å². The highest BCUT2D eigenvalue weighted by molar-refractivity contribution is 7.99. The largest absolute Gasteiger partial charge is 0.409 e. The zero-order valence-corrected chi connectivity index (χ0v) is 9.92. The van der Waals surface area contributed by atoms with Gasteiger partial charge in [-0.05, 0) is 12.1 Å². The predicted molar refractivity (Wildman–Crippen MR) is 64.1 cm³/mol.